The fourth-order valence-corrected chi connectivity index (χ4v) is 4.13. The number of rotatable bonds is 7. The topological polar surface area (TPSA) is 72.0 Å². The second-order valence-electron chi connectivity index (χ2n) is 4.30. The highest BCUT2D eigenvalue weighted by atomic mass is 32.2. The molecule has 0 aliphatic heterocycles. The number of hydrogen-bond donors (Lipinski definition) is 1. The van der Waals surface area contributed by atoms with Gasteiger partial charge in [0.2, 0.25) is 0 Å². The van der Waals surface area contributed by atoms with Crippen LogP contribution in [0.4, 0.5) is 0 Å². The number of amides is 1. The van der Waals surface area contributed by atoms with E-state index in [1.54, 1.807) is 34.5 Å². The van der Waals surface area contributed by atoms with Crippen LogP contribution in [0.5, 0.6) is 0 Å². The lowest BCUT2D eigenvalue weighted by Crippen LogP contribution is -2.24. The summed E-state index contributed by atoms with van der Waals surface area (Å²) in [4.78, 5) is 23.7. The summed E-state index contributed by atoms with van der Waals surface area (Å²) in [5.74, 6) is 0.746. The highest BCUT2D eigenvalue weighted by Crippen LogP contribution is 2.22. The van der Waals surface area contributed by atoms with Crippen LogP contribution in [0.1, 0.15) is 38.4 Å². The zero-order valence-corrected chi connectivity index (χ0v) is 14.2. The van der Waals surface area contributed by atoms with Gasteiger partial charge < -0.3 is 5.32 Å². The molecule has 0 saturated heterocycles. The molecule has 0 atom stereocenters. The number of nitrogens with zero attached hydrogens (tertiary/aromatic N) is 2. The van der Waals surface area contributed by atoms with Crippen molar-refractivity contribution in [1.82, 2.24) is 15.5 Å². The Morgan fingerprint density at radius 1 is 1.38 bits per heavy atom. The third-order valence-corrected chi connectivity index (χ3v) is 5.64. The van der Waals surface area contributed by atoms with Gasteiger partial charge in [0, 0.05) is 17.7 Å². The SMILES string of the molecule is CC(=O)c1cc(C(=O)NCCCSc2nnc(C)s2)cs1. The summed E-state index contributed by atoms with van der Waals surface area (Å²) in [5.41, 5.74) is 0.553. The van der Waals surface area contributed by atoms with E-state index in [-0.39, 0.29) is 11.7 Å². The standard InChI is InChI=1S/C13H15N3O2S3/c1-8(17)11-6-10(7-20-11)12(18)14-4-3-5-19-13-16-15-9(2)21-13/h6-7H,3-5H2,1-2H3,(H,14,18). The van der Waals surface area contributed by atoms with Crippen molar-refractivity contribution in [1.29, 1.82) is 0 Å². The number of carbonyl (C=O) groups excluding carboxylic acids is 2. The van der Waals surface area contributed by atoms with Gasteiger partial charge in [0.15, 0.2) is 10.1 Å². The molecule has 2 rings (SSSR count). The molecule has 0 aliphatic carbocycles. The van der Waals surface area contributed by atoms with Gasteiger partial charge in [0.05, 0.1) is 10.4 Å². The maximum atomic E-state index is 11.9. The van der Waals surface area contributed by atoms with E-state index >= 15 is 0 Å². The van der Waals surface area contributed by atoms with Gasteiger partial charge in [-0.05, 0) is 26.3 Å². The molecule has 0 unspecified atom stereocenters. The van der Waals surface area contributed by atoms with E-state index < -0.39 is 0 Å². The normalized spacial score (nSPS) is 10.6. The molecule has 0 fully saturated rings. The van der Waals surface area contributed by atoms with Crippen molar-refractivity contribution < 1.29 is 9.59 Å². The average Bonchev–Trinajstić information content (AvgIpc) is 3.07. The molecule has 112 valence electrons. The lowest BCUT2D eigenvalue weighted by atomic mass is 10.2. The molecular formula is C13H15N3O2S3. The van der Waals surface area contributed by atoms with E-state index in [0.717, 1.165) is 21.5 Å². The molecule has 1 N–H and O–H groups in total. The van der Waals surface area contributed by atoms with Crippen molar-refractivity contribution in [2.75, 3.05) is 12.3 Å². The molecule has 5 nitrogen and oxygen atoms in total. The summed E-state index contributed by atoms with van der Waals surface area (Å²) in [6.07, 6.45) is 0.860. The lowest BCUT2D eigenvalue weighted by molar-refractivity contribution is 0.0954. The maximum Gasteiger partial charge on any atom is 0.252 e. The van der Waals surface area contributed by atoms with Gasteiger partial charge in [-0.15, -0.1) is 21.5 Å². The first-order valence-corrected chi connectivity index (χ1v) is 9.05. The molecule has 0 aliphatic rings. The van der Waals surface area contributed by atoms with Gasteiger partial charge in [-0.25, -0.2) is 0 Å². The van der Waals surface area contributed by atoms with Crippen LogP contribution >= 0.6 is 34.4 Å². The Bertz CT molecular complexity index is 636. The van der Waals surface area contributed by atoms with E-state index in [1.807, 2.05) is 6.92 Å². The van der Waals surface area contributed by atoms with Crippen molar-refractivity contribution >= 4 is 46.1 Å². The van der Waals surface area contributed by atoms with Crippen molar-refractivity contribution in [2.24, 2.45) is 0 Å². The van der Waals surface area contributed by atoms with E-state index in [2.05, 4.69) is 15.5 Å². The number of ketones is 1. The minimum atomic E-state index is -0.129. The quantitative estimate of drug-likeness (QED) is 0.476. The first-order chi connectivity index (χ1) is 10.1. The van der Waals surface area contributed by atoms with Crippen LogP contribution in [-0.4, -0.2) is 34.2 Å². The molecule has 1 amide bonds. The van der Waals surface area contributed by atoms with Crippen LogP contribution in [0.2, 0.25) is 0 Å². The van der Waals surface area contributed by atoms with Gasteiger partial charge in [-0.3, -0.25) is 9.59 Å². The van der Waals surface area contributed by atoms with Crippen LogP contribution < -0.4 is 5.32 Å². The second kappa shape index (κ2) is 7.67. The largest absolute Gasteiger partial charge is 0.352 e. The number of carbonyl (C=O) groups is 2. The predicted octanol–water partition coefficient (Wildman–Crippen LogP) is 3.02. The van der Waals surface area contributed by atoms with E-state index in [4.69, 9.17) is 0 Å². The van der Waals surface area contributed by atoms with Crippen LogP contribution in [0.25, 0.3) is 0 Å². The summed E-state index contributed by atoms with van der Waals surface area (Å²) in [6.45, 7) is 4.03. The predicted molar refractivity (Wildman–Crippen MR) is 86.6 cm³/mol. The zero-order chi connectivity index (χ0) is 15.2. The number of aromatic nitrogens is 2. The van der Waals surface area contributed by atoms with E-state index in [9.17, 15) is 9.59 Å². The van der Waals surface area contributed by atoms with Crippen molar-refractivity contribution in [3.05, 3.63) is 26.9 Å². The first-order valence-electron chi connectivity index (χ1n) is 6.37. The van der Waals surface area contributed by atoms with Gasteiger partial charge >= 0.3 is 0 Å². The van der Waals surface area contributed by atoms with E-state index in [1.165, 1.54) is 18.3 Å². The summed E-state index contributed by atoms with van der Waals surface area (Å²) in [5, 5.41) is 13.5. The summed E-state index contributed by atoms with van der Waals surface area (Å²) in [7, 11) is 0. The molecule has 8 heteroatoms. The van der Waals surface area contributed by atoms with E-state index in [0.29, 0.717) is 17.0 Å². The van der Waals surface area contributed by atoms with Crippen molar-refractivity contribution in [2.45, 2.75) is 24.6 Å². The maximum absolute atomic E-state index is 11.9. The van der Waals surface area contributed by atoms with Crippen LogP contribution in [0.3, 0.4) is 0 Å². The van der Waals surface area contributed by atoms with Crippen molar-refractivity contribution in [3.8, 4) is 0 Å². The third kappa shape index (κ3) is 4.90. The molecule has 2 aromatic rings. The Hall–Kier alpha value is -1.25. The minimum absolute atomic E-state index is 0.0113. The summed E-state index contributed by atoms with van der Waals surface area (Å²) in [6, 6.07) is 1.64. The molecule has 2 aromatic heterocycles. The van der Waals surface area contributed by atoms with Crippen LogP contribution in [-0.2, 0) is 0 Å². The molecule has 0 saturated carbocycles. The Labute approximate surface area is 135 Å². The monoisotopic (exact) mass is 341 g/mol. The van der Waals surface area contributed by atoms with Gasteiger partial charge in [0.25, 0.3) is 5.91 Å². The Balaban J connectivity index is 1.68. The molecule has 2 heterocycles. The average molecular weight is 341 g/mol. The molecular weight excluding hydrogens is 326 g/mol. The second-order valence-corrected chi connectivity index (χ2v) is 7.74. The number of Topliss-reactive ketones (excluding diaryl/α,β-unsaturated/α-hetero) is 1. The molecule has 0 radical (unpaired) electrons. The number of aryl methyl sites for hydroxylation is 1. The molecule has 21 heavy (non-hydrogen) atoms. The lowest BCUT2D eigenvalue weighted by Gasteiger charge is -2.02. The third-order valence-electron chi connectivity index (χ3n) is 2.55. The smallest absolute Gasteiger partial charge is 0.252 e. The summed E-state index contributed by atoms with van der Waals surface area (Å²) < 4.78 is 0.961. The highest BCUT2D eigenvalue weighted by Gasteiger charge is 2.10. The van der Waals surface area contributed by atoms with Crippen LogP contribution in [0, 0.1) is 6.92 Å². The fourth-order valence-electron chi connectivity index (χ4n) is 1.51. The Morgan fingerprint density at radius 3 is 2.81 bits per heavy atom. The number of nitrogens with one attached hydrogen (secondary N) is 1. The fraction of sp³-hybridized carbons (Fsp3) is 0.385. The van der Waals surface area contributed by atoms with Gasteiger partial charge in [0.1, 0.15) is 5.01 Å². The Morgan fingerprint density at radius 2 is 2.19 bits per heavy atom. The first kappa shape index (κ1) is 16.1. The zero-order valence-electron chi connectivity index (χ0n) is 11.7. The van der Waals surface area contributed by atoms with Crippen LogP contribution in [0.15, 0.2) is 15.8 Å². The minimum Gasteiger partial charge on any atom is -0.352 e. The van der Waals surface area contributed by atoms with Gasteiger partial charge in [-0.1, -0.05) is 23.1 Å². The summed E-state index contributed by atoms with van der Waals surface area (Å²) >= 11 is 4.53. The number of hydrogen-bond acceptors (Lipinski definition) is 7. The molecule has 0 bridgehead atoms. The van der Waals surface area contributed by atoms with Crippen molar-refractivity contribution in [3.63, 3.8) is 0 Å². The number of thioether (sulfide) groups is 1. The molecule has 0 aromatic carbocycles. The highest BCUT2D eigenvalue weighted by molar-refractivity contribution is 8.01. The molecule has 0 spiro atoms. The Kier molecular flexibility index (Phi) is 5.89. The number of thiophene rings is 1. The van der Waals surface area contributed by atoms with Gasteiger partial charge in [-0.2, -0.15) is 0 Å².